The molecule has 0 atom stereocenters. The van der Waals surface area contributed by atoms with Gasteiger partial charge in [0.2, 0.25) is 0 Å². The molecule has 19 heavy (non-hydrogen) atoms. The molecule has 0 unspecified atom stereocenters. The largest absolute Gasteiger partial charge is 0.435 e. The quantitative estimate of drug-likeness (QED) is 0.861. The van der Waals surface area contributed by atoms with Gasteiger partial charge in [-0.05, 0) is 31.0 Å². The fraction of sp³-hybridized carbons (Fsp3) is 0.417. The molecule has 0 bridgehead atoms. The van der Waals surface area contributed by atoms with Crippen LogP contribution in [0.15, 0.2) is 18.2 Å². The number of hydrogen-bond acceptors (Lipinski definition) is 3. The lowest BCUT2D eigenvalue weighted by Crippen LogP contribution is -2.11. The highest BCUT2D eigenvalue weighted by Crippen LogP contribution is 2.27. The number of aryl methyl sites for hydroxylation is 2. The first-order valence-electron chi connectivity index (χ1n) is 5.94. The summed E-state index contributed by atoms with van der Waals surface area (Å²) in [5.74, 6) is 0.296. The molecule has 0 aliphatic heterocycles. The van der Waals surface area contributed by atoms with E-state index >= 15 is 0 Å². The van der Waals surface area contributed by atoms with E-state index in [1.165, 1.54) is 10.7 Å². The summed E-state index contributed by atoms with van der Waals surface area (Å²) in [6.07, 6.45) is -3.00. The summed E-state index contributed by atoms with van der Waals surface area (Å²) in [4.78, 5) is 0. The molecule has 2 rings (SSSR count). The molecule has 0 saturated carbocycles. The van der Waals surface area contributed by atoms with Crippen molar-refractivity contribution in [2.24, 2.45) is 0 Å². The maximum Gasteiger partial charge on any atom is 0.435 e. The first-order chi connectivity index (χ1) is 8.95. The number of halogens is 3. The molecule has 0 aliphatic carbocycles. The van der Waals surface area contributed by atoms with E-state index in [1.54, 1.807) is 0 Å². The Kier molecular flexibility index (Phi) is 3.55. The standard InChI is InChI=1S/C12H13F3N4/c1-3-8-7-9(4-2)19(18-8)11-6-5-10(16-17-11)12(13,14)15/h5-7H,3-4H2,1-2H3. The molecule has 2 aromatic rings. The zero-order valence-corrected chi connectivity index (χ0v) is 10.6. The van der Waals surface area contributed by atoms with Gasteiger partial charge in [-0.3, -0.25) is 0 Å². The summed E-state index contributed by atoms with van der Waals surface area (Å²) >= 11 is 0. The molecule has 0 N–H and O–H groups in total. The molecule has 4 nitrogen and oxygen atoms in total. The summed E-state index contributed by atoms with van der Waals surface area (Å²) in [6, 6.07) is 4.11. The van der Waals surface area contributed by atoms with Crippen LogP contribution in [-0.4, -0.2) is 20.0 Å². The number of rotatable bonds is 3. The third-order valence-corrected chi connectivity index (χ3v) is 2.72. The number of hydrogen-bond donors (Lipinski definition) is 0. The van der Waals surface area contributed by atoms with E-state index in [2.05, 4.69) is 15.3 Å². The second kappa shape index (κ2) is 4.99. The van der Waals surface area contributed by atoms with Crippen molar-refractivity contribution in [3.05, 3.63) is 35.3 Å². The van der Waals surface area contributed by atoms with E-state index in [1.807, 2.05) is 19.9 Å². The maximum absolute atomic E-state index is 12.4. The molecule has 0 saturated heterocycles. The fourth-order valence-corrected chi connectivity index (χ4v) is 1.69. The van der Waals surface area contributed by atoms with Gasteiger partial charge >= 0.3 is 6.18 Å². The zero-order valence-electron chi connectivity index (χ0n) is 10.6. The van der Waals surface area contributed by atoms with E-state index in [-0.39, 0.29) is 0 Å². The van der Waals surface area contributed by atoms with Crippen molar-refractivity contribution in [2.75, 3.05) is 0 Å². The van der Waals surface area contributed by atoms with Gasteiger partial charge in [-0.25, -0.2) is 4.68 Å². The minimum Gasteiger partial charge on any atom is -0.217 e. The topological polar surface area (TPSA) is 43.6 Å². The smallest absolute Gasteiger partial charge is 0.217 e. The number of aromatic nitrogens is 4. The van der Waals surface area contributed by atoms with Crippen LogP contribution < -0.4 is 0 Å². The van der Waals surface area contributed by atoms with Crippen LogP contribution in [0.25, 0.3) is 5.82 Å². The third-order valence-electron chi connectivity index (χ3n) is 2.72. The Balaban J connectivity index is 2.39. The Labute approximate surface area is 108 Å². The Morgan fingerprint density at radius 1 is 1.11 bits per heavy atom. The number of nitrogens with zero attached hydrogens (tertiary/aromatic N) is 4. The Bertz CT molecular complexity index is 557. The van der Waals surface area contributed by atoms with Crippen LogP contribution in [0.1, 0.15) is 30.9 Å². The predicted octanol–water partition coefficient (Wildman–Crippen LogP) is 2.81. The highest BCUT2D eigenvalue weighted by Gasteiger charge is 2.33. The van der Waals surface area contributed by atoms with Gasteiger partial charge in [-0.1, -0.05) is 13.8 Å². The zero-order chi connectivity index (χ0) is 14.0. The van der Waals surface area contributed by atoms with Crippen molar-refractivity contribution in [3.8, 4) is 5.82 Å². The lowest BCUT2D eigenvalue weighted by Gasteiger charge is -2.07. The van der Waals surface area contributed by atoms with Crippen molar-refractivity contribution >= 4 is 0 Å². The lowest BCUT2D eigenvalue weighted by atomic mass is 10.2. The lowest BCUT2D eigenvalue weighted by molar-refractivity contribution is -0.141. The molecular weight excluding hydrogens is 257 g/mol. The van der Waals surface area contributed by atoms with Crippen LogP contribution >= 0.6 is 0 Å². The van der Waals surface area contributed by atoms with Gasteiger partial charge in [0.25, 0.3) is 0 Å². The van der Waals surface area contributed by atoms with E-state index in [0.717, 1.165) is 30.3 Å². The van der Waals surface area contributed by atoms with Gasteiger partial charge in [0.15, 0.2) is 11.5 Å². The van der Waals surface area contributed by atoms with Crippen LogP contribution in [0.4, 0.5) is 13.2 Å². The molecule has 7 heteroatoms. The molecule has 2 aromatic heterocycles. The minimum atomic E-state index is -4.47. The Morgan fingerprint density at radius 2 is 1.84 bits per heavy atom. The molecular formula is C12H13F3N4. The second-order valence-corrected chi connectivity index (χ2v) is 4.02. The van der Waals surface area contributed by atoms with Crippen molar-refractivity contribution in [1.29, 1.82) is 0 Å². The Morgan fingerprint density at radius 3 is 2.32 bits per heavy atom. The van der Waals surface area contributed by atoms with Crippen LogP contribution in [0.5, 0.6) is 0 Å². The summed E-state index contributed by atoms with van der Waals surface area (Å²) in [5.41, 5.74) is 0.765. The van der Waals surface area contributed by atoms with E-state index in [9.17, 15) is 13.2 Å². The summed E-state index contributed by atoms with van der Waals surface area (Å²) < 4.78 is 38.7. The van der Waals surface area contributed by atoms with E-state index in [4.69, 9.17) is 0 Å². The third kappa shape index (κ3) is 2.74. The highest BCUT2D eigenvalue weighted by atomic mass is 19.4. The van der Waals surface area contributed by atoms with Gasteiger partial charge in [-0.2, -0.15) is 18.3 Å². The molecule has 0 aromatic carbocycles. The van der Waals surface area contributed by atoms with Crippen LogP contribution in [0.2, 0.25) is 0 Å². The van der Waals surface area contributed by atoms with Gasteiger partial charge < -0.3 is 0 Å². The molecule has 0 fully saturated rings. The summed E-state index contributed by atoms with van der Waals surface area (Å²) in [7, 11) is 0. The van der Waals surface area contributed by atoms with Gasteiger partial charge in [-0.15, -0.1) is 10.2 Å². The van der Waals surface area contributed by atoms with Crippen LogP contribution in [-0.2, 0) is 19.0 Å². The monoisotopic (exact) mass is 270 g/mol. The van der Waals surface area contributed by atoms with E-state index in [0.29, 0.717) is 5.82 Å². The summed E-state index contributed by atoms with van der Waals surface area (Å²) in [6.45, 7) is 3.91. The molecule has 102 valence electrons. The normalized spacial score (nSPS) is 11.8. The van der Waals surface area contributed by atoms with E-state index < -0.39 is 11.9 Å². The predicted molar refractivity (Wildman–Crippen MR) is 62.9 cm³/mol. The molecule has 0 radical (unpaired) electrons. The van der Waals surface area contributed by atoms with Gasteiger partial charge in [0.05, 0.1) is 5.69 Å². The van der Waals surface area contributed by atoms with Crippen LogP contribution in [0.3, 0.4) is 0 Å². The molecule has 0 amide bonds. The summed E-state index contributed by atoms with van der Waals surface area (Å²) in [5, 5.41) is 11.1. The van der Waals surface area contributed by atoms with Crippen molar-refractivity contribution in [1.82, 2.24) is 20.0 Å². The van der Waals surface area contributed by atoms with Crippen molar-refractivity contribution in [2.45, 2.75) is 32.9 Å². The minimum absolute atomic E-state index is 0.296. The average molecular weight is 270 g/mol. The van der Waals surface area contributed by atoms with Crippen LogP contribution in [0, 0.1) is 0 Å². The van der Waals surface area contributed by atoms with Crippen molar-refractivity contribution in [3.63, 3.8) is 0 Å². The first kappa shape index (κ1) is 13.5. The average Bonchev–Trinajstić information content (AvgIpc) is 2.81. The SMILES string of the molecule is CCc1cc(CC)n(-c2ccc(C(F)(F)F)nn2)n1. The molecule has 0 aliphatic rings. The van der Waals surface area contributed by atoms with Gasteiger partial charge in [0.1, 0.15) is 0 Å². The molecule has 2 heterocycles. The Hall–Kier alpha value is -1.92. The van der Waals surface area contributed by atoms with Gasteiger partial charge in [0, 0.05) is 5.69 Å². The number of alkyl halides is 3. The maximum atomic E-state index is 12.4. The fourth-order valence-electron chi connectivity index (χ4n) is 1.69. The van der Waals surface area contributed by atoms with Crippen molar-refractivity contribution < 1.29 is 13.2 Å². The second-order valence-electron chi connectivity index (χ2n) is 4.02. The first-order valence-corrected chi connectivity index (χ1v) is 5.94. The molecule has 0 spiro atoms. The highest BCUT2D eigenvalue weighted by molar-refractivity contribution is 5.26.